The van der Waals surface area contributed by atoms with E-state index in [0.717, 1.165) is 0 Å². The van der Waals surface area contributed by atoms with Gasteiger partial charge in [-0.15, -0.1) is 0 Å². The van der Waals surface area contributed by atoms with E-state index in [0.29, 0.717) is 12.1 Å². The molecule has 0 aliphatic rings. The molecule has 7 nitrogen and oxygen atoms in total. The number of esters is 1. The molecule has 9 heteroatoms. The molecule has 1 atom stereocenters. The van der Waals surface area contributed by atoms with E-state index in [-0.39, 0.29) is 0 Å². The van der Waals surface area contributed by atoms with Gasteiger partial charge >= 0.3 is 18.0 Å². The summed E-state index contributed by atoms with van der Waals surface area (Å²) < 4.78 is 38.5. The molecule has 2 N–H and O–H groups in total. The quantitative estimate of drug-likeness (QED) is 0.766. The number of aliphatic carboxylic acids is 1. The van der Waals surface area contributed by atoms with E-state index in [1.54, 1.807) is 20.8 Å². The van der Waals surface area contributed by atoms with Gasteiger partial charge in [0.1, 0.15) is 28.4 Å². The summed E-state index contributed by atoms with van der Waals surface area (Å²) in [5.41, 5.74) is -3.23. The zero-order valence-corrected chi connectivity index (χ0v) is 16.0. The number of halogens is 2. The normalized spacial score (nSPS) is 12.9. The van der Waals surface area contributed by atoms with Crippen LogP contribution in [0.15, 0.2) is 12.1 Å². The fraction of sp³-hybridized carbons (Fsp3) is 0.500. The van der Waals surface area contributed by atoms with Crippen LogP contribution in [0, 0.1) is 11.6 Å². The number of rotatable bonds is 4. The number of nitrogens with one attached hydrogen (secondary N) is 1. The predicted octanol–water partition coefficient (Wildman–Crippen LogP) is 3.57. The summed E-state index contributed by atoms with van der Waals surface area (Å²) in [6.07, 6.45) is -1.08. The van der Waals surface area contributed by atoms with Crippen molar-refractivity contribution in [1.82, 2.24) is 5.32 Å². The summed E-state index contributed by atoms with van der Waals surface area (Å²) in [4.78, 5) is 35.2. The Kier molecular flexibility index (Phi) is 6.53. The van der Waals surface area contributed by atoms with Gasteiger partial charge in [0.15, 0.2) is 6.04 Å². The van der Waals surface area contributed by atoms with Crippen LogP contribution in [0.4, 0.5) is 13.6 Å². The Labute approximate surface area is 155 Å². The molecule has 0 saturated heterocycles. The Balaban J connectivity index is 3.19. The number of ether oxygens (including phenoxy) is 2. The van der Waals surface area contributed by atoms with E-state index in [1.165, 1.54) is 20.8 Å². The van der Waals surface area contributed by atoms with Crippen molar-refractivity contribution < 1.29 is 37.7 Å². The van der Waals surface area contributed by atoms with Crippen molar-refractivity contribution in [3.8, 4) is 0 Å². The number of hydrogen-bond donors (Lipinski definition) is 2. The standard InChI is InChI=1S/C18H23F2NO6/c1-17(2,3)26-15(24)12-10(19)7-9(8-11(12)20)13(14(22)23)21-16(25)27-18(4,5)6/h7-8,13H,1-6H3,(H,21,25)(H,22,23). The number of hydrogen-bond acceptors (Lipinski definition) is 5. The lowest BCUT2D eigenvalue weighted by Gasteiger charge is -2.23. The molecule has 0 fully saturated rings. The molecule has 1 unspecified atom stereocenters. The van der Waals surface area contributed by atoms with Gasteiger partial charge in [0.25, 0.3) is 0 Å². The molecule has 0 aliphatic heterocycles. The smallest absolute Gasteiger partial charge is 0.408 e. The van der Waals surface area contributed by atoms with E-state index in [9.17, 15) is 28.3 Å². The summed E-state index contributed by atoms with van der Waals surface area (Å²) >= 11 is 0. The summed E-state index contributed by atoms with van der Waals surface area (Å²) in [6, 6.07) is -0.478. The summed E-state index contributed by atoms with van der Waals surface area (Å²) in [5, 5.41) is 11.3. The molecular weight excluding hydrogens is 364 g/mol. The zero-order chi connectivity index (χ0) is 21.2. The molecule has 0 heterocycles. The summed E-state index contributed by atoms with van der Waals surface area (Å²) in [5.74, 6) is -5.41. The molecule has 0 aromatic heterocycles. The molecule has 1 aromatic rings. The van der Waals surface area contributed by atoms with Crippen molar-refractivity contribution in [2.45, 2.75) is 58.8 Å². The highest BCUT2D eigenvalue weighted by atomic mass is 19.1. The van der Waals surface area contributed by atoms with E-state index in [2.05, 4.69) is 0 Å². The number of amides is 1. The van der Waals surface area contributed by atoms with Crippen LogP contribution in [0.25, 0.3) is 0 Å². The number of carbonyl (C=O) groups excluding carboxylic acids is 2. The van der Waals surface area contributed by atoms with E-state index >= 15 is 0 Å². The van der Waals surface area contributed by atoms with Gasteiger partial charge in [-0.2, -0.15) is 0 Å². The fourth-order valence-electron chi connectivity index (χ4n) is 2.00. The third kappa shape index (κ3) is 6.84. The van der Waals surface area contributed by atoms with Crippen LogP contribution < -0.4 is 5.32 Å². The zero-order valence-electron chi connectivity index (χ0n) is 16.0. The van der Waals surface area contributed by atoms with E-state index in [4.69, 9.17) is 9.47 Å². The monoisotopic (exact) mass is 387 g/mol. The molecule has 0 bridgehead atoms. The number of carbonyl (C=O) groups is 3. The first-order valence-corrected chi connectivity index (χ1v) is 8.05. The molecule has 1 aromatic carbocycles. The van der Waals surface area contributed by atoms with Crippen LogP contribution in [-0.2, 0) is 14.3 Å². The third-order valence-electron chi connectivity index (χ3n) is 2.91. The Morgan fingerprint density at radius 3 is 1.78 bits per heavy atom. The van der Waals surface area contributed by atoms with Crippen LogP contribution in [0.2, 0.25) is 0 Å². The van der Waals surface area contributed by atoms with Gasteiger partial charge in [-0.1, -0.05) is 0 Å². The van der Waals surface area contributed by atoms with Crippen LogP contribution in [0.5, 0.6) is 0 Å². The first kappa shape index (κ1) is 22.3. The highest BCUT2D eigenvalue weighted by molar-refractivity contribution is 5.90. The van der Waals surface area contributed by atoms with E-state index < -0.39 is 58.0 Å². The van der Waals surface area contributed by atoms with Crippen LogP contribution >= 0.6 is 0 Å². The SMILES string of the molecule is CC(C)(C)OC(=O)NC(C(=O)O)c1cc(F)c(C(=O)OC(C)(C)C)c(F)c1. The second kappa shape index (κ2) is 7.89. The van der Waals surface area contributed by atoms with Crippen molar-refractivity contribution in [2.75, 3.05) is 0 Å². The second-order valence-electron chi connectivity index (χ2n) is 7.78. The lowest BCUT2D eigenvalue weighted by atomic mass is 10.0. The van der Waals surface area contributed by atoms with E-state index in [1.807, 2.05) is 5.32 Å². The van der Waals surface area contributed by atoms with Crippen molar-refractivity contribution in [3.05, 3.63) is 34.9 Å². The lowest BCUT2D eigenvalue weighted by molar-refractivity contribution is -0.139. The minimum Gasteiger partial charge on any atom is -0.479 e. The molecule has 0 aliphatic carbocycles. The maximum absolute atomic E-state index is 14.3. The van der Waals surface area contributed by atoms with Gasteiger partial charge in [0, 0.05) is 0 Å². The van der Waals surface area contributed by atoms with Crippen molar-refractivity contribution in [1.29, 1.82) is 0 Å². The maximum atomic E-state index is 14.3. The number of alkyl carbamates (subject to hydrolysis) is 1. The highest BCUT2D eigenvalue weighted by Crippen LogP contribution is 2.23. The molecule has 27 heavy (non-hydrogen) atoms. The Morgan fingerprint density at radius 2 is 1.41 bits per heavy atom. The van der Waals surface area contributed by atoms with Gasteiger partial charge in [-0.05, 0) is 59.2 Å². The topological polar surface area (TPSA) is 102 Å². The van der Waals surface area contributed by atoms with Crippen molar-refractivity contribution in [2.24, 2.45) is 0 Å². The molecule has 1 amide bonds. The van der Waals surface area contributed by atoms with Crippen molar-refractivity contribution in [3.63, 3.8) is 0 Å². The summed E-state index contributed by atoms with van der Waals surface area (Å²) in [6.45, 7) is 9.28. The first-order chi connectivity index (χ1) is 12.1. The lowest BCUT2D eigenvalue weighted by Crippen LogP contribution is -2.38. The van der Waals surface area contributed by atoms with Gasteiger partial charge in [0.2, 0.25) is 0 Å². The predicted molar refractivity (Wildman–Crippen MR) is 91.3 cm³/mol. The number of carboxylic acid groups (broad SMARTS) is 1. The molecule has 0 saturated carbocycles. The minimum absolute atomic E-state index is 0.407. The fourth-order valence-corrected chi connectivity index (χ4v) is 2.00. The average Bonchev–Trinajstić information content (AvgIpc) is 2.39. The summed E-state index contributed by atoms with van der Waals surface area (Å²) in [7, 11) is 0. The van der Waals surface area contributed by atoms with Gasteiger partial charge in [-0.25, -0.2) is 23.2 Å². The largest absolute Gasteiger partial charge is 0.479 e. The van der Waals surface area contributed by atoms with Gasteiger partial charge in [-0.3, -0.25) is 0 Å². The molecule has 0 spiro atoms. The Bertz CT molecular complexity index is 726. The Morgan fingerprint density at radius 1 is 0.963 bits per heavy atom. The number of carboxylic acids is 1. The first-order valence-electron chi connectivity index (χ1n) is 8.05. The number of benzene rings is 1. The average molecular weight is 387 g/mol. The van der Waals surface area contributed by atoms with Crippen LogP contribution in [-0.4, -0.2) is 34.3 Å². The minimum atomic E-state index is -1.78. The van der Waals surface area contributed by atoms with Gasteiger partial charge < -0.3 is 19.9 Å². The second-order valence-corrected chi connectivity index (χ2v) is 7.78. The molecular formula is C18H23F2NO6. The highest BCUT2D eigenvalue weighted by Gasteiger charge is 2.30. The maximum Gasteiger partial charge on any atom is 0.408 e. The van der Waals surface area contributed by atoms with Crippen LogP contribution in [0.3, 0.4) is 0 Å². The Hall–Kier alpha value is -2.71. The third-order valence-corrected chi connectivity index (χ3v) is 2.91. The van der Waals surface area contributed by atoms with Gasteiger partial charge in [0.05, 0.1) is 0 Å². The van der Waals surface area contributed by atoms with Crippen molar-refractivity contribution >= 4 is 18.0 Å². The molecule has 0 radical (unpaired) electrons. The molecule has 1 rings (SSSR count). The van der Waals surface area contributed by atoms with Crippen LogP contribution in [0.1, 0.15) is 63.5 Å². The molecule has 150 valence electrons.